The first-order valence-corrected chi connectivity index (χ1v) is 9.71. The highest BCUT2D eigenvalue weighted by Crippen LogP contribution is 2.28. The highest BCUT2D eigenvalue weighted by molar-refractivity contribution is 8.00. The zero-order valence-corrected chi connectivity index (χ0v) is 13.8. The summed E-state index contributed by atoms with van der Waals surface area (Å²) in [7, 11) is -3.53. The molecule has 2 saturated heterocycles. The molecule has 0 aromatic rings. The molecule has 8 heteroatoms. The second-order valence-electron chi connectivity index (χ2n) is 5.03. The lowest BCUT2D eigenvalue weighted by Gasteiger charge is -2.30. The van der Waals surface area contributed by atoms with Crippen molar-refractivity contribution in [1.82, 2.24) is 13.5 Å². The Kier molecular flexibility index (Phi) is 5.33. The van der Waals surface area contributed by atoms with Gasteiger partial charge in [0.15, 0.2) is 0 Å². The van der Waals surface area contributed by atoms with Gasteiger partial charge < -0.3 is 4.90 Å². The first kappa shape index (κ1) is 16.1. The number of amides is 1. The Morgan fingerprint density at radius 3 is 2.40 bits per heavy atom. The van der Waals surface area contributed by atoms with Gasteiger partial charge in [-0.15, -0.1) is 11.8 Å². The van der Waals surface area contributed by atoms with Crippen molar-refractivity contribution in [3.05, 3.63) is 0 Å². The summed E-state index contributed by atoms with van der Waals surface area (Å²) in [6.07, 6.45) is 2.04. The number of carbonyl (C=O) groups is 1. The number of likely N-dealkylation sites (tertiary alicyclic amines) is 1. The van der Waals surface area contributed by atoms with E-state index in [1.165, 1.54) is 20.4 Å². The van der Waals surface area contributed by atoms with Crippen LogP contribution in [0.1, 0.15) is 26.7 Å². The van der Waals surface area contributed by atoms with Gasteiger partial charge >= 0.3 is 0 Å². The van der Waals surface area contributed by atoms with Gasteiger partial charge in [0.1, 0.15) is 6.04 Å². The molecule has 0 radical (unpaired) electrons. The topological polar surface area (TPSA) is 60.9 Å². The molecule has 0 aromatic carbocycles. The van der Waals surface area contributed by atoms with E-state index >= 15 is 0 Å². The number of hydrogen-bond donors (Lipinski definition) is 0. The van der Waals surface area contributed by atoms with E-state index in [0.717, 1.165) is 25.9 Å². The molecule has 0 spiro atoms. The molecule has 0 bridgehead atoms. The fourth-order valence-corrected chi connectivity index (χ4v) is 5.99. The molecule has 2 fully saturated rings. The van der Waals surface area contributed by atoms with E-state index in [1.54, 1.807) is 4.90 Å². The fourth-order valence-electron chi connectivity index (χ4n) is 2.70. The van der Waals surface area contributed by atoms with E-state index in [4.69, 9.17) is 0 Å². The van der Waals surface area contributed by atoms with Gasteiger partial charge in [0.2, 0.25) is 5.91 Å². The summed E-state index contributed by atoms with van der Waals surface area (Å²) in [6, 6.07) is -0.524. The number of thioether (sulfide) groups is 1. The zero-order valence-electron chi connectivity index (χ0n) is 12.1. The van der Waals surface area contributed by atoms with Crippen molar-refractivity contribution in [3.63, 3.8) is 0 Å². The molecule has 2 aliphatic rings. The number of nitrogens with zero attached hydrogens (tertiary/aromatic N) is 3. The van der Waals surface area contributed by atoms with Crippen molar-refractivity contribution < 1.29 is 13.2 Å². The van der Waals surface area contributed by atoms with E-state index < -0.39 is 16.3 Å². The van der Waals surface area contributed by atoms with E-state index in [1.807, 2.05) is 13.8 Å². The van der Waals surface area contributed by atoms with Gasteiger partial charge in [0.05, 0.1) is 5.88 Å². The van der Waals surface area contributed by atoms with Crippen LogP contribution in [0.25, 0.3) is 0 Å². The molecule has 116 valence electrons. The Hall–Kier alpha value is -0.310. The molecule has 2 aliphatic heterocycles. The third kappa shape index (κ3) is 2.98. The largest absolute Gasteiger partial charge is 0.341 e. The van der Waals surface area contributed by atoms with Crippen molar-refractivity contribution in [2.24, 2.45) is 0 Å². The smallest absolute Gasteiger partial charge is 0.283 e. The van der Waals surface area contributed by atoms with Crippen LogP contribution < -0.4 is 0 Å². The van der Waals surface area contributed by atoms with Crippen LogP contribution in [0.2, 0.25) is 0 Å². The van der Waals surface area contributed by atoms with Gasteiger partial charge in [-0.3, -0.25) is 4.79 Å². The molecule has 0 aromatic heterocycles. The highest BCUT2D eigenvalue weighted by Gasteiger charge is 2.43. The van der Waals surface area contributed by atoms with Crippen LogP contribution in [-0.4, -0.2) is 71.7 Å². The van der Waals surface area contributed by atoms with Crippen molar-refractivity contribution >= 4 is 27.9 Å². The summed E-state index contributed by atoms with van der Waals surface area (Å²) in [6.45, 7) is 6.04. The van der Waals surface area contributed by atoms with Crippen LogP contribution in [0.4, 0.5) is 0 Å². The van der Waals surface area contributed by atoms with Crippen molar-refractivity contribution in [1.29, 1.82) is 0 Å². The Bertz CT molecular complexity index is 445. The van der Waals surface area contributed by atoms with Crippen LogP contribution in [-0.2, 0) is 15.0 Å². The fraction of sp³-hybridized carbons (Fsp3) is 0.917. The van der Waals surface area contributed by atoms with E-state index in [-0.39, 0.29) is 5.91 Å². The van der Waals surface area contributed by atoms with Crippen molar-refractivity contribution in [2.75, 3.05) is 37.8 Å². The summed E-state index contributed by atoms with van der Waals surface area (Å²) < 4.78 is 28.0. The predicted octanol–water partition coefficient (Wildman–Crippen LogP) is 0.570. The molecule has 0 saturated carbocycles. The summed E-state index contributed by atoms with van der Waals surface area (Å²) in [5.74, 6) is 0.919. The maximum Gasteiger partial charge on any atom is 0.283 e. The maximum atomic E-state index is 12.6. The first-order valence-electron chi connectivity index (χ1n) is 7.15. The van der Waals surface area contributed by atoms with Crippen molar-refractivity contribution in [2.45, 2.75) is 32.7 Å². The minimum absolute atomic E-state index is 0.0248. The quantitative estimate of drug-likeness (QED) is 0.743. The van der Waals surface area contributed by atoms with Gasteiger partial charge in [0, 0.05) is 31.9 Å². The minimum atomic E-state index is -3.53. The second kappa shape index (κ2) is 6.64. The average Bonchev–Trinajstić information content (AvgIpc) is 3.10. The Balaban J connectivity index is 2.16. The van der Waals surface area contributed by atoms with Crippen LogP contribution in [0.15, 0.2) is 0 Å². The Morgan fingerprint density at radius 2 is 1.85 bits per heavy atom. The molecule has 6 nitrogen and oxygen atoms in total. The SMILES string of the molecule is CCN(CC)S(=O)(=O)N1CSCC1C(=O)N1CCCC1. The van der Waals surface area contributed by atoms with Gasteiger partial charge in [-0.25, -0.2) is 0 Å². The highest BCUT2D eigenvalue weighted by atomic mass is 32.2. The maximum absolute atomic E-state index is 12.6. The van der Waals surface area contributed by atoms with E-state index in [2.05, 4.69) is 0 Å². The van der Waals surface area contributed by atoms with Crippen LogP contribution in [0, 0.1) is 0 Å². The minimum Gasteiger partial charge on any atom is -0.341 e. The molecule has 2 rings (SSSR count). The van der Waals surface area contributed by atoms with Crippen LogP contribution >= 0.6 is 11.8 Å². The second-order valence-corrected chi connectivity index (χ2v) is 7.91. The van der Waals surface area contributed by atoms with Gasteiger partial charge in [-0.2, -0.15) is 17.0 Å². The summed E-state index contributed by atoms with van der Waals surface area (Å²) in [5, 5.41) is 0. The molecule has 2 heterocycles. The summed E-state index contributed by atoms with van der Waals surface area (Å²) in [5.41, 5.74) is 0. The normalized spacial score (nSPS) is 24.8. The first-order chi connectivity index (χ1) is 9.52. The molecule has 1 unspecified atom stereocenters. The average molecular weight is 321 g/mol. The molecule has 1 amide bonds. The lowest BCUT2D eigenvalue weighted by molar-refractivity contribution is -0.133. The van der Waals surface area contributed by atoms with Gasteiger partial charge in [0.25, 0.3) is 10.2 Å². The number of carbonyl (C=O) groups excluding carboxylic acids is 1. The lowest BCUT2D eigenvalue weighted by atomic mass is 10.3. The molecule has 0 aliphatic carbocycles. The lowest BCUT2D eigenvalue weighted by Crippen LogP contribution is -2.52. The standard InChI is InChI=1S/C12H23N3O3S2/c1-3-14(4-2)20(17,18)15-10-19-9-11(15)12(16)13-7-5-6-8-13/h11H,3-10H2,1-2H3. The number of hydrogen-bond acceptors (Lipinski definition) is 4. The van der Waals surface area contributed by atoms with Crippen LogP contribution in [0.5, 0.6) is 0 Å². The molecule has 20 heavy (non-hydrogen) atoms. The van der Waals surface area contributed by atoms with Gasteiger partial charge in [-0.1, -0.05) is 13.8 Å². The zero-order chi connectivity index (χ0) is 14.8. The monoisotopic (exact) mass is 321 g/mol. The van der Waals surface area contributed by atoms with Crippen molar-refractivity contribution in [3.8, 4) is 0 Å². The molecular formula is C12H23N3O3S2. The number of rotatable bonds is 5. The third-order valence-electron chi connectivity index (χ3n) is 3.87. The molecule has 0 N–H and O–H groups in total. The van der Waals surface area contributed by atoms with Crippen LogP contribution in [0.3, 0.4) is 0 Å². The summed E-state index contributed by atoms with van der Waals surface area (Å²) >= 11 is 1.52. The molecular weight excluding hydrogens is 298 g/mol. The molecule has 1 atom stereocenters. The Labute approximate surface area is 125 Å². The van der Waals surface area contributed by atoms with Gasteiger partial charge in [-0.05, 0) is 12.8 Å². The summed E-state index contributed by atoms with van der Waals surface area (Å²) in [4.78, 5) is 14.3. The third-order valence-corrected chi connectivity index (χ3v) is 7.19. The van der Waals surface area contributed by atoms with E-state index in [9.17, 15) is 13.2 Å². The predicted molar refractivity (Wildman–Crippen MR) is 80.6 cm³/mol. The van der Waals surface area contributed by atoms with E-state index in [0.29, 0.717) is 24.7 Å². The Morgan fingerprint density at radius 1 is 1.25 bits per heavy atom.